The molecule has 1 aromatic carbocycles. The van der Waals surface area contributed by atoms with E-state index in [0.717, 1.165) is 25.3 Å². The normalized spacial score (nSPS) is 25.5. The van der Waals surface area contributed by atoms with E-state index in [-0.39, 0.29) is 5.60 Å². The van der Waals surface area contributed by atoms with Crippen LogP contribution in [0.4, 0.5) is 5.69 Å². The number of hydrogen-bond acceptors (Lipinski definition) is 2. The molecule has 86 valence electrons. The van der Waals surface area contributed by atoms with Gasteiger partial charge in [-0.1, -0.05) is 24.8 Å². The van der Waals surface area contributed by atoms with Gasteiger partial charge >= 0.3 is 0 Å². The van der Waals surface area contributed by atoms with Gasteiger partial charge in [-0.2, -0.15) is 0 Å². The first-order chi connectivity index (χ1) is 7.62. The maximum absolute atomic E-state index is 5.84. The minimum absolute atomic E-state index is 0.214. The van der Waals surface area contributed by atoms with Crippen LogP contribution < -0.4 is 4.90 Å². The standard InChI is InChI=1S/C14H19NO/c1-12(2)14(3)11-15(9-10-16-14)13-7-5-4-6-8-13/h4-8H,1,9-11H2,2-3H3. The molecule has 0 bridgehead atoms. The first-order valence-corrected chi connectivity index (χ1v) is 5.72. The summed E-state index contributed by atoms with van der Waals surface area (Å²) in [5.41, 5.74) is 2.14. The minimum Gasteiger partial charge on any atom is -0.367 e. The van der Waals surface area contributed by atoms with Gasteiger partial charge in [-0.15, -0.1) is 0 Å². The molecule has 0 aromatic heterocycles. The minimum atomic E-state index is -0.214. The fourth-order valence-electron chi connectivity index (χ4n) is 1.99. The van der Waals surface area contributed by atoms with Crippen LogP contribution >= 0.6 is 0 Å². The maximum atomic E-state index is 5.84. The molecule has 1 heterocycles. The zero-order valence-corrected chi connectivity index (χ0v) is 10.1. The molecule has 0 radical (unpaired) electrons. The lowest BCUT2D eigenvalue weighted by atomic mass is 9.96. The second kappa shape index (κ2) is 4.30. The van der Waals surface area contributed by atoms with Crippen LogP contribution in [0, 0.1) is 0 Å². The second-order valence-corrected chi connectivity index (χ2v) is 4.62. The van der Waals surface area contributed by atoms with Crippen molar-refractivity contribution in [2.75, 3.05) is 24.6 Å². The number of benzene rings is 1. The van der Waals surface area contributed by atoms with Crippen molar-refractivity contribution in [2.24, 2.45) is 0 Å². The van der Waals surface area contributed by atoms with Gasteiger partial charge in [0.1, 0.15) is 5.60 Å². The number of rotatable bonds is 2. The van der Waals surface area contributed by atoms with Gasteiger partial charge in [-0.25, -0.2) is 0 Å². The van der Waals surface area contributed by atoms with E-state index in [2.05, 4.69) is 42.7 Å². The van der Waals surface area contributed by atoms with Crippen molar-refractivity contribution in [3.8, 4) is 0 Å². The molecule has 2 rings (SSSR count). The molecule has 1 fully saturated rings. The van der Waals surface area contributed by atoms with Gasteiger partial charge in [0.2, 0.25) is 0 Å². The van der Waals surface area contributed by atoms with Crippen LogP contribution in [0.3, 0.4) is 0 Å². The van der Waals surface area contributed by atoms with E-state index in [0.29, 0.717) is 0 Å². The molecular weight excluding hydrogens is 198 g/mol. The smallest absolute Gasteiger partial charge is 0.103 e. The van der Waals surface area contributed by atoms with E-state index >= 15 is 0 Å². The van der Waals surface area contributed by atoms with E-state index in [9.17, 15) is 0 Å². The molecule has 16 heavy (non-hydrogen) atoms. The molecular formula is C14H19NO. The Hall–Kier alpha value is -1.28. The number of morpholine rings is 1. The van der Waals surface area contributed by atoms with Crippen molar-refractivity contribution in [1.29, 1.82) is 0 Å². The van der Waals surface area contributed by atoms with Crippen LogP contribution in [-0.4, -0.2) is 25.3 Å². The van der Waals surface area contributed by atoms with Gasteiger partial charge in [-0.3, -0.25) is 0 Å². The molecule has 1 aromatic rings. The van der Waals surface area contributed by atoms with E-state index < -0.39 is 0 Å². The Morgan fingerprint density at radius 1 is 1.38 bits per heavy atom. The van der Waals surface area contributed by atoms with Crippen molar-refractivity contribution in [3.63, 3.8) is 0 Å². The highest BCUT2D eigenvalue weighted by molar-refractivity contribution is 5.47. The van der Waals surface area contributed by atoms with Crippen LogP contribution in [0.15, 0.2) is 42.5 Å². The third kappa shape index (κ3) is 2.12. The molecule has 1 aliphatic rings. The molecule has 1 aliphatic heterocycles. The summed E-state index contributed by atoms with van der Waals surface area (Å²) in [4.78, 5) is 2.36. The Bertz CT molecular complexity index is 374. The van der Waals surface area contributed by atoms with Crippen LogP contribution in [0.25, 0.3) is 0 Å². The van der Waals surface area contributed by atoms with Crippen molar-refractivity contribution in [1.82, 2.24) is 0 Å². The fourth-order valence-corrected chi connectivity index (χ4v) is 1.99. The van der Waals surface area contributed by atoms with Crippen LogP contribution in [-0.2, 0) is 4.74 Å². The molecule has 0 spiro atoms. The molecule has 1 atom stereocenters. The fraction of sp³-hybridized carbons (Fsp3) is 0.429. The Kier molecular flexibility index (Phi) is 3.01. The molecule has 0 saturated carbocycles. The SMILES string of the molecule is C=C(C)C1(C)CN(c2ccccc2)CCO1. The lowest BCUT2D eigenvalue weighted by Gasteiger charge is -2.42. The summed E-state index contributed by atoms with van der Waals surface area (Å²) >= 11 is 0. The molecule has 0 aliphatic carbocycles. The first kappa shape index (κ1) is 11.2. The number of ether oxygens (including phenoxy) is 1. The predicted molar refractivity (Wildman–Crippen MR) is 67.8 cm³/mol. The Balaban J connectivity index is 2.17. The van der Waals surface area contributed by atoms with E-state index in [1.807, 2.05) is 13.0 Å². The number of hydrogen-bond donors (Lipinski definition) is 0. The van der Waals surface area contributed by atoms with Gasteiger partial charge in [0.15, 0.2) is 0 Å². The number of anilines is 1. The predicted octanol–water partition coefficient (Wildman–Crippen LogP) is 2.86. The van der Waals surface area contributed by atoms with Crippen LogP contribution in [0.1, 0.15) is 13.8 Å². The van der Waals surface area contributed by atoms with Crippen LogP contribution in [0.5, 0.6) is 0 Å². The average molecular weight is 217 g/mol. The van der Waals surface area contributed by atoms with Crippen molar-refractivity contribution in [3.05, 3.63) is 42.5 Å². The zero-order chi connectivity index (χ0) is 11.6. The zero-order valence-electron chi connectivity index (χ0n) is 10.1. The third-order valence-electron chi connectivity index (χ3n) is 3.30. The second-order valence-electron chi connectivity index (χ2n) is 4.62. The number of nitrogens with zero attached hydrogens (tertiary/aromatic N) is 1. The summed E-state index contributed by atoms with van der Waals surface area (Å²) in [6, 6.07) is 10.5. The van der Waals surface area contributed by atoms with E-state index in [1.165, 1.54) is 5.69 Å². The highest BCUT2D eigenvalue weighted by atomic mass is 16.5. The maximum Gasteiger partial charge on any atom is 0.103 e. The number of para-hydroxylation sites is 1. The summed E-state index contributed by atoms with van der Waals surface area (Å²) in [5.74, 6) is 0. The lowest BCUT2D eigenvalue weighted by molar-refractivity contribution is -0.0140. The quantitative estimate of drug-likeness (QED) is 0.706. The van der Waals surface area contributed by atoms with Crippen LogP contribution in [0.2, 0.25) is 0 Å². The molecule has 2 heteroatoms. The van der Waals surface area contributed by atoms with Crippen molar-refractivity contribution >= 4 is 5.69 Å². The van der Waals surface area contributed by atoms with Gasteiger partial charge in [0.25, 0.3) is 0 Å². The topological polar surface area (TPSA) is 12.5 Å². The Morgan fingerprint density at radius 3 is 2.69 bits per heavy atom. The molecule has 1 unspecified atom stereocenters. The summed E-state index contributed by atoms with van der Waals surface area (Å²) in [6.07, 6.45) is 0. The monoisotopic (exact) mass is 217 g/mol. The summed E-state index contributed by atoms with van der Waals surface area (Å²) in [7, 11) is 0. The molecule has 2 nitrogen and oxygen atoms in total. The summed E-state index contributed by atoms with van der Waals surface area (Å²) < 4.78 is 5.84. The molecule has 0 amide bonds. The van der Waals surface area contributed by atoms with Gasteiger partial charge in [0, 0.05) is 12.2 Å². The average Bonchev–Trinajstić information content (AvgIpc) is 2.30. The van der Waals surface area contributed by atoms with E-state index in [1.54, 1.807) is 0 Å². The summed E-state index contributed by atoms with van der Waals surface area (Å²) in [6.45, 7) is 10.8. The lowest BCUT2D eigenvalue weighted by Crippen LogP contribution is -2.50. The highest BCUT2D eigenvalue weighted by Gasteiger charge is 2.32. The largest absolute Gasteiger partial charge is 0.367 e. The third-order valence-corrected chi connectivity index (χ3v) is 3.30. The molecule has 0 N–H and O–H groups in total. The first-order valence-electron chi connectivity index (χ1n) is 5.72. The van der Waals surface area contributed by atoms with Gasteiger partial charge in [0.05, 0.1) is 13.2 Å². The van der Waals surface area contributed by atoms with E-state index in [4.69, 9.17) is 4.74 Å². The summed E-state index contributed by atoms with van der Waals surface area (Å²) in [5, 5.41) is 0. The van der Waals surface area contributed by atoms with Crippen molar-refractivity contribution < 1.29 is 4.74 Å². The Labute approximate surface area is 97.5 Å². The van der Waals surface area contributed by atoms with Crippen molar-refractivity contribution in [2.45, 2.75) is 19.4 Å². The van der Waals surface area contributed by atoms with Gasteiger partial charge in [-0.05, 0) is 31.6 Å². The Morgan fingerprint density at radius 2 is 2.06 bits per heavy atom. The van der Waals surface area contributed by atoms with Gasteiger partial charge < -0.3 is 9.64 Å². The molecule has 1 saturated heterocycles. The highest BCUT2D eigenvalue weighted by Crippen LogP contribution is 2.27.